The first-order valence-electron chi connectivity index (χ1n) is 7.75. The van der Waals surface area contributed by atoms with Crippen LogP contribution in [0.2, 0.25) is 0 Å². The van der Waals surface area contributed by atoms with Gasteiger partial charge in [-0.2, -0.15) is 0 Å². The summed E-state index contributed by atoms with van der Waals surface area (Å²) >= 11 is 0. The molecule has 0 aliphatic heterocycles. The molecule has 1 heterocycles. The Kier molecular flexibility index (Phi) is 5.84. The molecular weight excluding hydrogens is 268 g/mol. The summed E-state index contributed by atoms with van der Waals surface area (Å²) in [6.45, 7) is 4.85. The summed E-state index contributed by atoms with van der Waals surface area (Å²) in [5.41, 5.74) is 0.966. The van der Waals surface area contributed by atoms with E-state index < -0.39 is 0 Å². The zero-order valence-electron chi connectivity index (χ0n) is 12.8. The molecular formula is C16H24N2O3. The summed E-state index contributed by atoms with van der Waals surface area (Å²) in [5, 5.41) is 3.45. The number of aromatic nitrogens is 1. The first kappa shape index (κ1) is 15.6. The summed E-state index contributed by atoms with van der Waals surface area (Å²) < 4.78 is 10.5. The number of esters is 1. The van der Waals surface area contributed by atoms with Gasteiger partial charge in [0, 0.05) is 12.1 Å². The molecule has 1 N–H and O–H groups in total. The lowest BCUT2D eigenvalue weighted by Gasteiger charge is -2.29. The maximum Gasteiger partial charge on any atom is 0.308 e. The van der Waals surface area contributed by atoms with E-state index in [1.165, 1.54) is 0 Å². The van der Waals surface area contributed by atoms with Crippen molar-refractivity contribution in [2.45, 2.75) is 45.6 Å². The minimum Gasteiger partial charge on any atom is -0.478 e. The number of nitrogens with one attached hydrogen (secondary N) is 1. The van der Waals surface area contributed by atoms with E-state index in [1.807, 2.05) is 26.0 Å². The lowest BCUT2D eigenvalue weighted by atomic mass is 9.85. The molecule has 2 atom stereocenters. The monoisotopic (exact) mass is 292 g/mol. The maximum atomic E-state index is 11.8. The number of rotatable bonds is 6. The van der Waals surface area contributed by atoms with Crippen LogP contribution in [0.4, 0.5) is 5.69 Å². The van der Waals surface area contributed by atoms with Crippen molar-refractivity contribution in [3.63, 3.8) is 0 Å². The van der Waals surface area contributed by atoms with E-state index >= 15 is 0 Å². The van der Waals surface area contributed by atoms with Gasteiger partial charge in [0.1, 0.15) is 0 Å². The molecule has 5 heteroatoms. The molecule has 2 unspecified atom stereocenters. The predicted octanol–water partition coefficient (Wildman–Crippen LogP) is 3.01. The van der Waals surface area contributed by atoms with Crippen molar-refractivity contribution in [3.8, 4) is 5.88 Å². The van der Waals surface area contributed by atoms with Crippen LogP contribution in [0.1, 0.15) is 39.5 Å². The Labute approximate surface area is 126 Å². The van der Waals surface area contributed by atoms with Gasteiger partial charge >= 0.3 is 5.97 Å². The summed E-state index contributed by atoms with van der Waals surface area (Å²) in [6, 6.07) is 4.12. The highest BCUT2D eigenvalue weighted by Crippen LogP contribution is 2.27. The van der Waals surface area contributed by atoms with Gasteiger partial charge in [0.25, 0.3) is 0 Å². The van der Waals surface area contributed by atoms with Crippen LogP contribution in [-0.4, -0.2) is 30.2 Å². The molecule has 1 aromatic heterocycles. The quantitative estimate of drug-likeness (QED) is 0.817. The van der Waals surface area contributed by atoms with Crippen LogP contribution in [0.25, 0.3) is 0 Å². The highest BCUT2D eigenvalue weighted by molar-refractivity contribution is 5.72. The van der Waals surface area contributed by atoms with Gasteiger partial charge in [-0.1, -0.05) is 6.42 Å². The Balaban J connectivity index is 1.88. The van der Waals surface area contributed by atoms with E-state index in [0.29, 0.717) is 25.1 Å². The number of anilines is 1. The van der Waals surface area contributed by atoms with Crippen molar-refractivity contribution < 1.29 is 14.3 Å². The summed E-state index contributed by atoms with van der Waals surface area (Å²) in [4.78, 5) is 16.1. The second-order valence-corrected chi connectivity index (χ2v) is 5.27. The van der Waals surface area contributed by atoms with Crippen LogP contribution < -0.4 is 10.1 Å². The smallest absolute Gasteiger partial charge is 0.308 e. The van der Waals surface area contributed by atoms with Crippen molar-refractivity contribution >= 4 is 11.7 Å². The number of hydrogen-bond acceptors (Lipinski definition) is 5. The number of carbonyl (C=O) groups excluding carboxylic acids is 1. The van der Waals surface area contributed by atoms with Crippen LogP contribution >= 0.6 is 0 Å². The zero-order chi connectivity index (χ0) is 15.1. The van der Waals surface area contributed by atoms with E-state index in [2.05, 4.69) is 10.3 Å². The molecule has 0 radical (unpaired) electrons. The van der Waals surface area contributed by atoms with Crippen LogP contribution in [0, 0.1) is 5.92 Å². The normalized spacial score (nSPS) is 21.6. The molecule has 0 aromatic carbocycles. The molecule has 1 aromatic rings. The third-order valence-corrected chi connectivity index (χ3v) is 3.69. The van der Waals surface area contributed by atoms with Gasteiger partial charge in [0.15, 0.2) is 0 Å². The fourth-order valence-electron chi connectivity index (χ4n) is 2.73. The second kappa shape index (κ2) is 7.86. The van der Waals surface area contributed by atoms with Crippen molar-refractivity contribution in [2.75, 3.05) is 18.5 Å². The molecule has 2 rings (SSSR count). The van der Waals surface area contributed by atoms with Gasteiger partial charge in [0.05, 0.1) is 31.0 Å². The van der Waals surface area contributed by atoms with Gasteiger partial charge in [0.2, 0.25) is 5.88 Å². The van der Waals surface area contributed by atoms with Crippen molar-refractivity contribution in [1.29, 1.82) is 0 Å². The van der Waals surface area contributed by atoms with Crippen molar-refractivity contribution in [2.24, 2.45) is 5.92 Å². The molecule has 21 heavy (non-hydrogen) atoms. The molecule has 0 saturated heterocycles. The standard InChI is InChI=1S/C16H24N2O3/c1-3-20-15-9-8-14(11-17-15)18-13-7-5-6-12(10-13)16(19)21-4-2/h8-9,11-13,18H,3-7,10H2,1-2H3. The van der Waals surface area contributed by atoms with E-state index in [0.717, 1.165) is 31.4 Å². The van der Waals surface area contributed by atoms with Crippen LogP contribution in [0.3, 0.4) is 0 Å². The number of hydrogen-bond donors (Lipinski definition) is 1. The maximum absolute atomic E-state index is 11.8. The van der Waals surface area contributed by atoms with Crippen LogP contribution in [0.5, 0.6) is 5.88 Å². The average Bonchev–Trinajstić information content (AvgIpc) is 2.50. The third kappa shape index (κ3) is 4.62. The Bertz CT molecular complexity index is 447. The van der Waals surface area contributed by atoms with Crippen LogP contribution in [0.15, 0.2) is 18.3 Å². The number of pyridine rings is 1. The highest BCUT2D eigenvalue weighted by Gasteiger charge is 2.28. The summed E-state index contributed by atoms with van der Waals surface area (Å²) in [5.74, 6) is 0.594. The highest BCUT2D eigenvalue weighted by atomic mass is 16.5. The molecule has 1 aliphatic rings. The average molecular weight is 292 g/mol. The predicted molar refractivity (Wildman–Crippen MR) is 81.4 cm³/mol. The van der Waals surface area contributed by atoms with Crippen LogP contribution in [-0.2, 0) is 9.53 Å². The fourth-order valence-corrected chi connectivity index (χ4v) is 2.73. The van der Waals surface area contributed by atoms with Crippen molar-refractivity contribution in [3.05, 3.63) is 18.3 Å². The largest absolute Gasteiger partial charge is 0.478 e. The molecule has 0 bridgehead atoms. The second-order valence-electron chi connectivity index (χ2n) is 5.27. The number of ether oxygens (including phenoxy) is 2. The minimum absolute atomic E-state index is 0.0202. The van der Waals surface area contributed by atoms with Gasteiger partial charge < -0.3 is 14.8 Å². The Morgan fingerprint density at radius 2 is 2.19 bits per heavy atom. The molecule has 0 spiro atoms. The zero-order valence-corrected chi connectivity index (χ0v) is 12.8. The minimum atomic E-state index is -0.0613. The lowest BCUT2D eigenvalue weighted by Crippen LogP contribution is -2.32. The summed E-state index contributed by atoms with van der Waals surface area (Å²) in [7, 11) is 0. The SMILES string of the molecule is CCOC(=O)C1CCCC(Nc2ccc(OCC)nc2)C1. The number of nitrogens with zero attached hydrogens (tertiary/aromatic N) is 1. The first-order valence-corrected chi connectivity index (χ1v) is 7.75. The Morgan fingerprint density at radius 1 is 1.33 bits per heavy atom. The van der Waals surface area contributed by atoms with Gasteiger partial charge in [-0.3, -0.25) is 4.79 Å². The lowest BCUT2D eigenvalue weighted by molar-refractivity contribution is -0.149. The molecule has 1 saturated carbocycles. The van der Waals surface area contributed by atoms with E-state index in [-0.39, 0.29) is 11.9 Å². The Morgan fingerprint density at radius 3 is 2.86 bits per heavy atom. The molecule has 116 valence electrons. The molecule has 0 amide bonds. The fraction of sp³-hybridized carbons (Fsp3) is 0.625. The van der Waals surface area contributed by atoms with Gasteiger partial charge in [-0.05, 0) is 39.2 Å². The van der Waals surface area contributed by atoms with Gasteiger partial charge in [-0.15, -0.1) is 0 Å². The van der Waals surface area contributed by atoms with Crippen molar-refractivity contribution in [1.82, 2.24) is 4.98 Å². The third-order valence-electron chi connectivity index (χ3n) is 3.69. The van der Waals surface area contributed by atoms with E-state index in [9.17, 15) is 4.79 Å². The number of carbonyl (C=O) groups is 1. The molecule has 1 fully saturated rings. The first-order chi connectivity index (χ1) is 10.2. The summed E-state index contributed by atoms with van der Waals surface area (Å²) in [6.07, 6.45) is 5.65. The topological polar surface area (TPSA) is 60.5 Å². The molecule has 5 nitrogen and oxygen atoms in total. The molecule has 1 aliphatic carbocycles. The van der Waals surface area contributed by atoms with Gasteiger partial charge in [-0.25, -0.2) is 4.98 Å². The van der Waals surface area contributed by atoms with E-state index in [4.69, 9.17) is 9.47 Å². The van der Waals surface area contributed by atoms with E-state index in [1.54, 1.807) is 6.20 Å². The Hall–Kier alpha value is -1.78.